The van der Waals surface area contributed by atoms with Crippen LogP contribution in [0.15, 0.2) is 48.5 Å². The molecule has 3 heterocycles. The maximum atomic E-state index is 13.9. The van der Waals surface area contributed by atoms with E-state index >= 15 is 0 Å². The van der Waals surface area contributed by atoms with Crippen LogP contribution in [0.25, 0.3) is 0 Å². The van der Waals surface area contributed by atoms with Crippen LogP contribution in [0, 0.1) is 0 Å². The van der Waals surface area contributed by atoms with Crippen molar-refractivity contribution < 1.29 is 14.4 Å². The Balaban J connectivity index is 1.31. The first kappa shape index (κ1) is 25.7. The topological polar surface area (TPSA) is 76.2 Å². The monoisotopic (exact) mass is 543 g/mol. The summed E-state index contributed by atoms with van der Waals surface area (Å²) in [6.45, 7) is 2.77. The van der Waals surface area contributed by atoms with E-state index in [2.05, 4.69) is 10.2 Å². The van der Waals surface area contributed by atoms with Gasteiger partial charge in [-0.3, -0.25) is 9.59 Å². The first-order chi connectivity index (χ1) is 17.9. The molecule has 37 heavy (non-hydrogen) atoms. The van der Waals surface area contributed by atoms with E-state index in [1.54, 1.807) is 28.0 Å². The fourth-order valence-corrected chi connectivity index (χ4v) is 6.05. The molecule has 0 bridgehead atoms. The van der Waals surface area contributed by atoms with Crippen LogP contribution in [-0.2, 0) is 9.59 Å². The molecule has 0 atom stereocenters. The molecule has 10 heteroatoms. The first-order valence-electron chi connectivity index (χ1n) is 12.8. The molecule has 196 valence electrons. The molecule has 1 N–H and O–H groups in total. The summed E-state index contributed by atoms with van der Waals surface area (Å²) < 4.78 is 0. The molecule has 3 aliphatic heterocycles. The summed E-state index contributed by atoms with van der Waals surface area (Å²) in [5.74, 6) is -0.0303. The second-order valence-corrected chi connectivity index (χ2v) is 10.8. The van der Waals surface area contributed by atoms with Gasteiger partial charge in [0.1, 0.15) is 12.1 Å². The number of anilines is 2. The van der Waals surface area contributed by atoms with Gasteiger partial charge in [-0.15, -0.1) is 0 Å². The lowest BCUT2D eigenvalue weighted by atomic mass is 9.85. The Labute approximate surface area is 227 Å². The van der Waals surface area contributed by atoms with Gasteiger partial charge in [-0.05, 0) is 62.4 Å². The van der Waals surface area contributed by atoms with E-state index in [-0.39, 0.29) is 24.4 Å². The molecule has 4 amide bonds. The highest BCUT2D eigenvalue weighted by Gasteiger charge is 2.54. The van der Waals surface area contributed by atoms with Crippen LogP contribution in [-0.4, -0.2) is 77.5 Å². The number of benzene rings is 2. The number of rotatable bonds is 4. The van der Waals surface area contributed by atoms with E-state index < -0.39 is 5.54 Å². The van der Waals surface area contributed by atoms with E-state index in [1.807, 2.05) is 35.2 Å². The first-order valence-corrected chi connectivity index (χ1v) is 13.5. The third-order valence-electron chi connectivity index (χ3n) is 7.67. The lowest BCUT2D eigenvalue weighted by Crippen LogP contribution is -2.58. The fourth-order valence-electron chi connectivity index (χ4n) is 5.59. The van der Waals surface area contributed by atoms with Gasteiger partial charge in [-0.1, -0.05) is 41.4 Å². The van der Waals surface area contributed by atoms with Crippen molar-refractivity contribution in [2.45, 2.75) is 37.6 Å². The van der Waals surface area contributed by atoms with E-state index in [1.165, 1.54) is 0 Å². The molecule has 2 aromatic carbocycles. The number of carbonyl (C=O) groups excluding carboxylic acids is 3. The predicted molar refractivity (Wildman–Crippen MR) is 145 cm³/mol. The second kappa shape index (κ2) is 10.8. The number of carbonyl (C=O) groups is 3. The predicted octanol–water partition coefficient (Wildman–Crippen LogP) is 4.68. The normalized spacial score (nSPS) is 19.5. The zero-order valence-electron chi connectivity index (χ0n) is 20.7. The molecule has 3 fully saturated rings. The molecular formula is C27H31Cl2N5O3. The molecule has 2 aromatic rings. The van der Waals surface area contributed by atoms with Crippen LogP contribution in [0.1, 0.15) is 32.1 Å². The molecule has 1 spiro atoms. The van der Waals surface area contributed by atoms with Gasteiger partial charge in [-0.25, -0.2) is 4.79 Å². The van der Waals surface area contributed by atoms with Gasteiger partial charge in [0.15, 0.2) is 0 Å². The second-order valence-electron chi connectivity index (χ2n) is 9.92. The molecular weight excluding hydrogens is 513 g/mol. The van der Waals surface area contributed by atoms with Crippen molar-refractivity contribution in [3.63, 3.8) is 0 Å². The number of urea groups is 1. The Morgan fingerprint density at radius 1 is 0.892 bits per heavy atom. The molecule has 0 unspecified atom stereocenters. The maximum absolute atomic E-state index is 13.9. The zero-order chi connectivity index (χ0) is 26.0. The fraction of sp³-hybridized carbons (Fsp3) is 0.444. The Morgan fingerprint density at radius 2 is 1.59 bits per heavy atom. The lowest BCUT2D eigenvalue weighted by Gasteiger charge is -2.43. The van der Waals surface area contributed by atoms with Crippen molar-refractivity contribution in [1.82, 2.24) is 14.7 Å². The lowest BCUT2D eigenvalue weighted by molar-refractivity contribution is -0.141. The summed E-state index contributed by atoms with van der Waals surface area (Å²) in [7, 11) is 0. The van der Waals surface area contributed by atoms with Crippen molar-refractivity contribution in [2.75, 3.05) is 49.6 Å². The van der Waals surface area contributed by atoms with Crippen LogP contribution in [0.4, 0.5) is 16.2 Å². The molecule has 8 nitrogen and oxygen atoms in total. The Kier molecular flexibility index (Phi) is 7.49. The van der Waals surface area contributed by atoms with E-state index in [0.717, 1.165) is 38.0 Å². The van der Waals surface area contributed by atoms with Crippen molar-refractivity contribution in [1.29, 1.82) is 0 Å². The van der Waals surface area contributed by atoms with Gasteiger partial charge >= 0.3 is 6.03 Å². The van der Waals surface area contributed by atoms with Gasteiger partial charge in [0.25, 0.3) is 5.91 Å². The highest BCUT2D eigenvalue weighted by Crippen LogP contribution is 2.39. The number of para-hydroxylation sites is 1. The molecule has 0 radical (unpaired) electrons. The largest absolute Gasteiger partial charge is 0.341 e. The van der Waals surface area contributed by atoms with Gasteiger partial charge < -0.3 is 24.9 Å². The minimum Gasteiger partial charge on any atom is -0.341 e. The van der Waals surface area contributed by atoms with E-state index in [4.69, 9.17) is 23.2 Å². The number of hydrogen-bond donors (Lipinski definition) is 1. The number of hydrogen-bond acceptors (Lipinski definition) is 4. The Hall–Kier alpha value is -2.97. The summed E-state index contributed by atoms with van der Waals surface area (Å²) >= 11 is 12.2. The average molecular weight is 544 g/mol. The molecule has 0 saturated carbocycles. The van der Waals surface area contributed by atoms with Crippen molar-refractivity contribution in [3.8, 4) is 0 Å². The quantitative estimate of drug-likeness (QED) is 0.607. The zero-order valence-corrected chi connectivity index (χ0v) is 22.2. The number of piperidine rings is 2. The van der Waals surface area contributed by atoms with E-state index in [0.29, 0.717) is 48.3 Å². The number of amides is 4. The van der Waals surface area contributed by atoms with Crippen molar-refractivity contribution >= 4 is 52.4 Å². The molecule has 0 aliphatic carbocycles. The summed E-state index contributed by atoms with van der Waals surface area (Å²) in [6, 6.07) is 14.5. The maximum Gasteiger partial charge on any atom is 0.321 e. The smallest absolute Gasteiger partial charge is 0.321 e. The summed E-state index contributed by atoms with van der Waals surface area (Å²) in [5.41, 5.74) is 0.634. The summed E-state index contributed by atoms with van der Waals surface area (Å²) in [6.07, 6.45) is 4.11. The molecule has 0 aromatic heterocycles. The molecule has 3 aliphatic rings. The van der Waals surface area contributed by atoms with Crippen LogP contribution in [0.5, 0.6) is 0 Å². The van der Waals surface area contributed by atoms with Gasteiger partial charge in [-0.2, -0.15) is 0 Å². The average Bonchev–Trinajstić information content (AvgIpc) is 3.17. The molecule has 5 rings (SSSR count). The van der Waals surface area contributed by atoms with Crippen LogP contribution in [0.3, 0.4) is 0 Å². The summed E-state index contributed by atoms with van der Waals surface area (Å²) in [5, 5.41) is 3.71. The highest BCUT2D eigenvalue weighted by molar-refractivity contribution is 6.36. The van der Waals surface area contributed by atoms with Gasteiger partial charge in [0.2, 0.25) is 5.91 Å². The minimum atomic E-state index is -0.793. The number of halogens is 2. The van der Waals surface area contributed by atoms with Crippen molar-refractivity contribution in [2.24, 2.45) is 0 Å². The van der Waals surface area contributed by atoms with E-state index in [9.17, 15) is 14.4 Å². The van der Waals surface area contributed by atoms with Gasteiger partial charge in [0.05, 0.1) is 17.4 Å². The Bertz CT molecular complexity index is 1160. The number of nitrogens with one attached hydrogen (secondary N) is 1. The molecule has 3 saturated heterocycles. The number of nitrogens with zero attached hydrogens (tertiary/aromatic N) is 4. The van der Waals surface area contributed by atoms with Crippen LogP contribution in [0.2, 0.25) is 10.0 Å². The standard InChI is InChI=1S/C27H31Cl2N5O3/c28-20-9-10-23(22(29)17-20)30-26(37)32-15-11-27(12-16-32)25(36)33(18-24(35)31-13-5-2-6-14-31)19-34(27)21-7-3-1-4-8-21/h1,3-4,7-10,17H,2,5-6,11-16,18-19H2,(H,30,37). The van der Waals surface area contributed by atoms with Crippen LogP contribution >= 0.6 is 23.2 Å². The van der Waals surface area contributed by atoms with Gasteiger partial charge in [0, 0.05) is 36.9 Å². The third kappa shape index (κ3) is 5.22. The SMILES string of the molecule is O=C(CN1CN(c2ccccc2)C2(CCN(C(=O)Nc3ccc(Cl)cc3Cl)CC2)C1=O)N1CCCCC1. The highest BCUT2D eigenvalue weighted by atomic mass is 35.5. The summed E-state index contributed by atoms with van der Waals surface area (Å²) in [4.78, 5) is 47.3. The third-order valence-corrected chi connectivity index (χ3v) is 8.22. The Morgan fingerprint density at radius 3 is 2.27 bits per heavy atom. The van der Waals surface area contributed by atoms with Crippen molar-refractivity contribution in [3.05, 3.63) is 58.6 Å². The minimum absolute atomic E-state index is 0.00905. The van der Waals surface area contributed by atoms with Crippen LogP contribution < -0.4 is 10.2 Å². The number of likely N-dealkylation sites (tertiary alicyclic amines) is 2.